The van der Waals surface area contributed by atoms with Crippen molar-refractivity contribution in [3.63, 3.8) is 0 Å². The number of fused-ring (bicyclic) bond motifs is 1. The van der Waals surface area contributed by atoms with Crippen LogP contribution < -0.4 is 5.32 Å². The number of hydrogen-bond donors (Lipinski definition) is 1. The molecule has 0 aliphatic heterocycles. The van der Waals surface area contributed by atoms with Gasteiger partial charge < -0.3 is 5.32 Å². The minimum absolute atomic E-state index is 0.255. The molecule has 0 saturated carbocycles. The maximum Gasteiger partial charge on any atom is 0.245 e. The van der Waals surface area contributed by atoms with Crippen molar-refractivity contribution < 1.29 is 9.59 Å². The van der Waals surface area contributed by atoms with Gasteiger partial charge in [0.05, 0.1) is 11.8 Å². The van der Waals surface area contributed by atoms with E-state index in [4.69, 9.17) is 0 Å². The molecular weight excluding hydrogens is 316 g/mol. The first-order valence-corrected chi connectivity index (χ1v) is 8.40. The molecule has 2 aromatic rings. The molecule has 6 heteroatoms. The smallest absolute Gasteiger partial charge is 0.245 e. The second kappa shape index (κ2) is 6.89. The Morgan fingerprint density at radius 2 is 1.92 bits per heavy atom. The molecule has 128 valence electrons. The summed E-state index contributed by atoms with van der Waals surface area (Å²) < 4.78 is 1.79. The van der Waals surface area contributed by atoms with Crippen LogP contribution in [0.25, 0.3) is 5.69 Å². The fourth-order valence-corrected chi connectivity index (χ4v) is 3.21. The summed E-state index contributed by atoms with van der Waals surface area (Å²) >= 11 is 0. The summed E-state index contributed by atoms with van der Waals surface area (Å²) in [5.74, 6) is -2.48. The molecule has 1 aliphatic rings. The SMILES string of the molecule is CNC(=O)[C@H](C#N)C(=O)c1nn(-c2ccc(C)cc2)c2c1CCCC2. The number of carbonyl (C=O) groups excluding carboxylic acids is 2. The van der Waals surface area contributed by atoms with E-state index in [1.54, 1.807) is 10.8 Å². The van der Waals surface area contributed by atoms with Gasteiger partial charge in [-0.05, 0) is 44.7 Å². The van der Waals surface area contributed by atoms with Gasteiger partial charge in [-0.1, -0.05) is 17.7 Å². The zero-order chi connectivity index (χ0) is 18.0. The summed E-state index contributed by atoms with van der Waals surface area (Å²) in [6.07, 6.45) is 3.59. The fraction of sp³-hybridized carbons (Fsp3) is 0.368. The van der Waals surface area contributed by atoms with E-state index in [0.717, 1.165) is 48.2 Å². The topological polar surface area (TPSA) is 87.8 Å². The van der Waals surface area contributed by atoms with Crippen LogP contribution in [0.2, 0.25) is 0 Å². The lowest BCUT2D eigenvalue weighted by molar-refractivity contribution is -0.121. The number of aryl methyl sites for hydroxylation is 1. The zero-order valence-electron chi connectivity index (χ0n) is 14.4. The van der Waals surface area contributed by atoms with E-state index in [0.29, 0.717) is 0 Å². The number of nitrogens with zero attached hydrogens (tertiary/aromatic N) is 3. The normalized spacial score (nSPS) is 14.3. The van der Waals surface area contributed by atoms with E-state index in [9.17, 15) is 14.9 Å². The van der Waals surface area contributed by atoms with Crippen molar-refractivity contribution in [3.8, 4) is 11.8 Å². The van der Waals surface area contributed by atoms with Crippen molar-refractivity contribution in [2.24, 2.45) is 5.92 Å². The lowest BCUT2D eigenvalue weighted by atomic mass is 9.91. The quantitative estimate of drug-likeness (QED) is 0.684. The van der Waals surface area contributed by atoms with E-state index < -0.39 is 17.6 Å². The largest absolute Gasteiger partial charge is 0.358 e. The maximum absolute atomic E-state index is 12.8. The van der Waals surface area contributed by atoms with Crippen molar-refractivity contribution in [2.75, 3.05) is 7.05 Å². The van der Waals surface area contributed by atoms with Crippen LogP contribution in [0.5, 0.6) is 0 Å². The highest BCUT2D eigenvalue weighted by Gasteiger charge is 2.33. The van der Waals surface area contributed by atoms with Crippen LogP contribution in [0.4, 0.5) is 0 Å². The fourth-order valence-electron chi connectivity index (χ4n) is 3.21. The van der Waals surface area contributed by atoms with Gasteiger partial charge in [0.25, 0.3) is 0 Å². The van der Waals surface area contributed by atoms with E-state index in [2.05, 4.69) is 10.4 Å². The highest BCUT2D eigenvalue weighted by Crippen LogP contribution is 2.28. The van der Waals surface area contributed by atoms with Crippen molar-refractivity contribution in [1.82, 2.24) is 15.1 Å². The predicted octanol–water partition coefficient (Wildman–Crippen LogP) is 2.13. The molecule has 1 atom stereocenters. The van der Waals surface area contributed by atoms with Crippen LogP contribution in [0.1, 0.15) is 40.2 Å². The van der Waals surface area contributed by atoms with Crippen LogP contribution in [-0.4, -0.2) is 28.5 Å². The summed E-state index contributed by atoms with van der Waals surface area (Å²) in [5.41, 5.74) is 4.17. The molecule has 0 saturated heterocycles. The highest BCUT2D eigenvalue weighted by molar-refractivity contribution is 6.11. The second-order valence-electron chi connectivity index (χ2n) is 6.27. The minimum atomic E-state index is -1.36. The first kappa shape index (κ1) is 16.9. The van der Waals surface area contributed by atoms with E-state index in [1.165, 1.54) is 7.05 Å². The number of aromatic nitrogens is 2. The molecule has 1 amide bonds. The van der Waals surface area contributed by atoms with E-state index in [1.807, 2.05) is 31.2 Å². The molecule has 3 rings (SSSR count). The molecule has 1 aromatic heterocycles. The van der Waals surface area contributed by atoms with Crippen LogP contribution in [-0.2, 0) is 17.6 Å². The van der Waals surface area contributed by atoms with Gasteiger partial charge in [0.2, 0.25) is 11.7 Å². The molecular formula is C19H20N4O2. The van der Waals surface area contributed by atoms with Gasteiger partial charge in [0.15, 0.2) is 5.92 Å². The van der Waals surface area contributed by atoms with Gasteiger partial charge in [-0.3, -0.25) is 9.59 Å². The van der Waals surface area contributed by atoms with Gasteiger partial charge >= 0.3 is 0 Å². The summed E-state index contributed by atoms with van der Waals surface area (Å²) in [7, 11) is 1.42. The number of benzene rings is 1. The average Bonchev–Trinajstić information content (AvgIpc) is 3.02. The third-order valence-electron chi connectivity index (χ3n) is 4.59. The number of carbonyl (C=O) groups is 2. The number of ketones is 1. The summed E-state index contributed by atoms with van der Waals surface area (Å²) in [6, 6.07) is 9.72. The number of hydrogen-bond acceptors (Lipinski definition) is 4. The molecule has 0 unspecified atom stereocenters. The highest BCUT2D eigenvalue weighted by atomic mass is 16.2. The van der Waals surface area contributed by atoms with Gasteiger partial charge in [0.1, 0.15) is 5.69 Å². The number of amides is 1. The van der Waals surface area contributed by atoms with Crippen LogP contribution >= 0.6 is 0 Å². The monoisotopic (exact) mass is 336 g/mol. The molecule has 0 radical (unpaired) electrons. The number of Topliss-reactive ketones (excluding diaryl/α,β-unsaturated/α-hetero) is 1. The Morgan fingerprint density at radius 3 is 2.56 bits per heavy atom. The first-order chi connectivity index (χ1) is 12.1. The van der Waals surface area contributed by atoms with E-state index in [-0.39, 0.29) is 5.69 Å². The molecule has 0 fully saturated rings. The van der Waals surface area contributed by atoms with Crippen LogP contribution in [0, 0.1) is 24.2 Å². The van der Waals surface area contributed by atoms with E-state index >= 15 is 0 Å². The van der Waals surface area contributed by atoms with Crippen LogP contribution in [0.15, 0.2) is 24.3 Å². The van der Waals surface area contributed by atoms with Gasteiger partial charge in [0, 0.05) is 18.3 Å². The van der Waals surface area contributed by atoms with Crippen molar-refractivity contribution in [3.05, 3.63) is 46.8 Å². The zero-order valence-corrected chi connectivity index (χ0v) is 14.4. The molecule has 1 heterocycles. The number of nitrogens with one attached hydrogen (secondary N) is 1. The molecule has 1 aromatic carbocycles. The van der Waals surface area contributed by atoms with Crippen LogP contribution in [0.3, 0.4) is 0 Å². The average molecular weight is 336 g/mol. The van der Waals surface area contributed by atoms with Gasteiger partial charge in [-0.15, -0.1) is 0 Å². The van der Waals surface area contributed by atoms with Crippen molar-refractivity contribution >= 4 is 11.7 Å². The predicted molar refractivity (Wildman–Crippen MR) is 92.4 cm³/mol. The Balaban J connectivity index is 2.09. The van der Waals surface area contributed by atoms with Gasteiger partial charge in [-0.2, -0.15) is 10.4 Å². The number of nitriles is 1. The third-order valence-corrected chi connectivity index (χ3v) is 4.59. The Labute approximate surface area is 146 Å². The Morgan fingerprint density at radius 1 is 1.24 bits per heavy atom. The molecule has 0 bridgehead atoms. The second-order valence-corrected chi connectivity index (χ2v) is 6.27. The molecule has 1 aliphatic carbocycles. The van der Waals surface area contributed by atoms with Crippen molar-refractivity contribution in [2.45, 2.75) is 32.6 Å². The molecule has 0 spiro atoms. The number of rotatable bonds is 4. The first-order valence-electron chi connectivity index (χ1n) is 8.40. The Kier molecular flexibility index (Phi) is 4.66. The molecule has 6 nitrogen and oxygen atoms in total. The third kappa shape index (κ3) is 3.05. The maximum atomic E-state index is 12.8. The lowest BCUT2D eigenvalue weighted by Crippen LogP contribution is -2.32. The summed E-state index contributed by atoms with van der Waals surface area (Å²) in [6.45, 7) is 2.01. The summed E-state index contributed by atoms with van der Waals surface area (Å²) in [5, 5.41) is 16.1. The Bertz CT molecular complexity index is 859. The van der Waals surface area contributed by atoms with Crippen molar-refractivity contribution in [1.29, 1.82) is 5.26 Å². The standard InChI is InChI=1S/C19H20N4O2/c1-12-7-9-13(10-8-12)23-16-6-4-3-5-14(16)17(22-23)18(24)15(11-20)19(25)21-2/h7-10,15H,3-6H2,1-2H3,(H,21,25)/t15-/m1/s1. The minimum Gasteiger partial charge on any atom is -0.358 e. The van der Waals surface area contributed by atoms with Gasteiger partial charge in [-0.25, -0.2) is 4.68 Å². The Hall–Kier alpha value is -2.94. The summed E-state index contributed by atoms with van der Waals surface area (Å²) in [4.78, 5) is 24.6. The molecule has 25 heavy (non-hydrogen) atoms. The molecule has 1 N–H and O–H groups in total. The lowest BCUT2D eigenvalue weighted by Gasteiger charge is -2.14.